The number of nitrogens with one attached hydrogen (secondary N) is 1. The van der Waals surface area contributed by atoms with Crippen LogP contribution in [-0.4, -0.2) is 6.04 Å². The van der Waals surface area contributed by atoms with Gasteiger partial charge >= 0.3 is 0 Å². The van der Waals surface area contributed by atoms with Gasteiger partial charge in [0.25, 0.3) is 0 Å². The van der Waals surface area contributed by atoms with Gasteiger partial charge in [0.15, 0.2) is 0 Å². The van der Waals surface area contributed by atoms with E-state index in [9.17, 15) is 0 Å². The van der Waals surface area contributed by atoms with Gasteiger partial charge in [0.1, 0.15) is 0 Å². The number of hydrogen-bond donors (Lipinski definition) is 2. The Morgan fingerprint density at radius 3 is 2.65 bits per heavy atom. The third-order valence-corrected chi connectivity index (χ3v) is 3.80. The van der Waals surface area contributed by atoms with Gasteiger partial charge in [-0.15, -0.1) is 0 Å². The highest BCUT2D eigenvalue weighted by Gasteiger charge is 2.32. The summed E-state index contributed by atoms with van der Waals surface area (Å²) in [6.07, 6.45) is 3.54. The van der Waals surface area contributed by atoms with Crippen LogP contribution in [-0.2, 0) is 6.42 Å². The summed E-state index contributed by atoms with van der Waals surface area (Å²) in [5, 5.41) is 0. The topological polar surface area (TPSA) is 38.0 Å². The van der Waals surface area contributed by atoms with E-state index in [1.807, 2.05) is 0 Å². The third-order valence-electron chi connectivity index (χ3n) is 3.80. The SMILES string of the molecule is CC(C)(C)CCC(NN)C1Cc2ccccc21. The van der Waals surface area contributed by atoms with Crippen LogP contribution in [0.3, 0.4) is 0 Å². The average molecular weight is 232 g/mol. The van der Waals surface area contributed by atoms with Gasteiger partial charge in [-0.2, -0.15) is 0 Å². The van der Waals surface area contributed by atoms with Crippen LogP contribution < -0.4 is 11.3 Å². The maximum atomic E-state index is 5.72. The molecule has 3 N–H and O–H groups in total. The van der Waals surface area contributed by atoms with E-state index in [4.69, 9.17) is 5.84 Å². The van der Waals surface area contributed by atoms with Crippen molar-refractivity contribution in [1.82, 2.24) is 5.43 Å². The molecule has 1 aliphatic rings. The second kappa shape index (κ2) is 4.79. The van der Waals surface area contributed by atoms with Crippen LogP contribution >= 0.6 is 0 Å². The van der Waals surface area contributed by atoms with E-state index >= 15 is 0 Å². The van der Waals surface area contributed by atoms with Crippen molar-refractivity contribution in [2.24, 2.45) is 11.3 Å². The molecule has 2 nitrogen and oxygen atoms in total. The summed E-state index contributed by atoms with van der Waals surface area (Å²) >= 11 is 0. The molecule has 0 heterocycles. The summed E-state index contributed by atoms with van der Waals surface area (Å²) in [6, 6.07) is 9.13. The monoisotopic (exact) mass is 232 g/mol. The summed E-state index contributed by atoms with van der Waals surface area (Å²) < 4.78 is 0. The molecule has 0 saturated carbocycles. The molecule has 2 rings (SSSR count). The highest BCUT2D eigenvalue weighted by atomic mass is 15.2. The van der Waals surface area contributed by atoms with Crippen LogP contribution in [0.15, 0.2) is 24.3 Å². The molecule has 0 bridgehead atoms. The van der Waals surface area contributed by atoms with Crippen molar-refractivity contribution < 1.29 is 0 Å². The second-order valence-electron chi connectivity index (χ2n) is 6.38. The van der Waals surface area contributed by atoms with Gasteiger partial charge in [0.2, 0.25) is 0 Å². The average Bonchev–Trinajstić information content (AvgIpc) is 2.23. The van der Waals surface area contributed by atoms with E-state index < -0.39 is 0 Å². The van der Waals surface area contributed by atoms with E-state index in [1.165, 1.54) is 24.0 Å². The number of fused-ring (bicyclic) bond motifs is 1. The molecule has 2 heteroatoms. The zero-order valence-electron chi connectivity index (χ0n) is 11.2. The first-order chi connectivity index (χ1) is 8.01. The number of rotatable bonds is 4. The zero-order valence-corrected chi connectivity index (χ0v) is 11.2. The predicted octanol–water partition coefficient (Wildman–Crippen LogP) is 2.98. The van der Waals surface area contributed by atoms with Gasteiger partial charge in [-0.05, 0) is 35.8 Å². The van der Waals surface area contributed by atoms with Gasteiger partial charge in [0, 0.05) is 12.0 Å². The normalized spacial score (nSPS) is 20.6. The maximum absolute atomic E-state index is 5.72. The molecule has 0 radical (unpaired) electrons. The van der Waals surface area contributed by atoms with Crippen LogP contribution in [0.25, 0.3) is 0 Å². The minimum absolute atomic E-state index is 0.387. The summed E-state index contributed by atoms with van der Waals surface area (Å²) in [4.78, 5) is 0. The Labute approximate surface area is 105 Å². The molecule has 0 amide bonds. The van der Waals surface area contributed by atoms with Crippen molar-refractivity contribution in [2.75, 3.05) is 0 Å². The Balaban J connectivity index is 1.98. The van der Waals surface area contributed by atoms with Crippen molar-refractivity contribution in [3.8, 4) is 0 Å². The van der Waals surface area contributed by atoms with Crippen LogP contribution in [0.5, 0.6) is 0 Å². The van der Waals surface area contributed by atoms with Gasteiger partial charge in [-0.1, -0.05) is 45.0 Å². The molecule has 1 aromatic rings. The van der Waals surface area contributed by atoms with Crippen LogP contribution in [0.1, 0.15) is 50.7 Å². The lowest BCUT2D eigenvalue weighted by Gasteiger charge is -2.37. The van der Waals surface area contributed by atoms with Crippen molar-refractivity contribution >= 4 is 0 Å². The van der Waals surface area contributed by atoms with E-state index in [-0.39, 0.29) is 0 Å². The highest BCUT2D eigenvalue weighted by molar-refractivity contribution is 5.41. The number of benzene rings is 1. The summed E-state index contributed by atoms with van der Waals surface area (Å²) in [5.74, 6) is 6.33. The molecule has 0 saturated heterocycles. The fourth-order valence-electron chi connectivity index (χ4n) is 2.65. The van der Waals surface area contributed by atoms with Crippen molar-refractivity contribution in [3.05, 3.63) is 35.4 Å². The third kappa shape index (κ3) is 2.88. The van der Waals surface area contributed by atoms with Gasteiger partial charge < -0.3 is 0 Å². The standard InChI is InChI=1S/C15H24N2/c1-15(2,3)9-8-14(17-16)13-10-11-6-4-5-7-12(11)13/h4-7,13-14,17H,8-10,16H2,1-3H3. The first kappa shape index (κ1) is 12.6. The lowest BCUT2D eigenvalue weighted by atomic mass is 9.71. The fraction of sp³-hybridized carbons (Fsp3) is 0.600. The number of hydrazine groups is 1. The lowest BCUT2D eigenvalue weighted by Crippen LogP contribution is -2.44. The van der Waals surface area contributed by atoms with Gasteiger partial charge in [0.05, 0.1) is 0 Å². The van der Waals surface area contributed by atoms with Crippen molar-refractivity contribution in [3.63, 3.8) is 0 Å². The Hall–Kier alpha value is -0.860. The van der Waals surface area contributed by atoms with Crippen molar-refractivity contribution in [2.45, 2.75) is 52.0 Å². The Morgan fingerprint density at radius 1 is 1.35 bits per heavy atom. The maximum Gasteiger partial charge on any atom is 0.0282 e. The number of hydrogen-bond acceptors (Lipinski definition) is 2. The molecule has 1 aromatic carbocycles. The lowest BCUT2D eigenvalue weighted by molar-refractivity contribution is 0.300. The quantitative estimate of drug-likeness (QED) is 0.618. The molecule has 0 fully saturated rings. The van der Waals surface area contributed by atoms with Gasteiger partial charge in [-0.25, -0.2) is 0 Å². The van der Waals surface area contributed by atoms with Crippen LogP contribution in [0, 0.1) is 5.41 Å². The smallest absolute Gasteiger partial charge is 0.0282 e. The largest absolute Gasteiger partial charge is 0.271 e. The molecular weight excluding hydrogens is 208 g/mol. The molecule has 94 valence electrons. The molecule has 1 aliphatic carbocycles. The summed E-state index contributed by atoms with van der Waals surface area (Å²) in [7, 11) is 0. The van der Waals surface area contributed by atoms with Crippen LogP contribution in [0.2, 0.25) is 0 Å². The number of nitrogens with two attached hydrogens (primary N) is 1. The van der Waals surface area contributed by atoms with E-state index in [0.717, 1.165) is 6.42 Å². The Morgan fingerprint density at radius 2 is 2.06 bits per heavy atom. The first-order valence-electron chi connectivity index (χ1n) is 6.55. The summed E-state index contributed by atoms with van der Waals surface area (Å²) in [5.41, 5.74) is 6.39. The minimum atomic E-state index is 0.387. The second-order valence-corrected chi connectivity index (χ2v) is 6.38. The zero-order chi connectivity index (χ0) is 12.5. The first-order valence-corrected chi connectivity index (χ1v) is 6.55. The van der Waals surface area contributed by atoms with Gasteiger partial charge in [-0.3, -0.25) is 11.3 Å². The molecule has 2 unspecified atom stereocenters. The molecule has 0 aromatic heterocycles. The molecule has 17 heavy (non-hydrogen) atoms. The molecular formula is C15H24N2. The fourth-order valence-corrected chi connectivity index (χ4v) is 2.65. The molecule has 0 aliphatic heterocycles. The Bertz CT molecular complexity index is 379. The highest BCUT2D eigenvalue weighted by Crippen LogP contribution is 2.39. The predicted molar refractivity (Wildman–Crippen MR) is 72.7 cm³/mol. The van der Waals surface area contributed by atoms with E-state index in [0.29, 0.717) is 17.4 Å². The van der Waals surface area contributed by atoms with Crippen LogP contribution in [0.4, 0.5) is 0 Å². The van der Waals surface area contributed by atoms with E-state index in [1.54, 1.807) is 0 Å². The molecule has 0 spiro atoms. The summed E-state index contributed by atoms with van der Waals surface area (Å²) in [6.45, 7) is 6.86. The Kier molecular flexibility index (Phi) is 3.55. The minimum Gasteiger partial charge on any atom is -0.271 e. The van der Waals surface area contributed by atoms with E-state index in [2.05, 4.69) is 50.5 Å². The van der Waals surface area contributed by atoms with Crippen molar-refractivity contribution in [1.29, 1.82) is 0 Å². The molecule has 2 atom stereocenters.